The molecule has 0 aromatic carbocycles. The second-order valence-corrected chi connectivity index (χ2v) is 7.12. The summed E-state index contributed by atoms with van der Waals surface area (Å²) in [5, 5.41) is 3.13. The van der Waals surface area contributed by atoms with Crippen LogP contribution in [0.5, 0.6) is 0 Å². The van der Waals surface area contributed by atoms with E-state index in [1.165, 1.54) is 32.4 Å². The van der Waals surface area contributed by atoms with E-state index in [0.717, 1.165) is 19.0 Å². The number of hydrogen-bond acceptors (Lipinski definition) is 4. The summed E-state index contributed by atoms with van der Waals surface area (Å²) in [6, 6.07) is 0.627. The molecule has 23 heavy (non-hydrogen) atoms. The first kappa shape index (κ1) is 20.5. The van der Waals surface area contributed by atoms with Crippen molar-refractivity contribution < 1.29 is 9.53 Å². The summed E-state index contributed by atoms with van der Waals surface area (Å²) in [4.78, 5) is 20.9. The molecule has 6 nitrogen and oxygen atoms in total. The summed E-state index contributed by atoms with van der Waals surface area (Å²) in [5.74, 6) is 0.552. The number of carbonyl (C=O) groups is 1. The van der Waals surface area contributed by atoms with Crippen molar-refractivity contribution in [2.45, 2.75) is 51.7 Å². The lowest BCUT2D eigenvalue weighted by atomic mass is 10.2. The monoisotopic (exact) mass is 438 g/mol. The Hall–Kier alpha value is -0.570. The third kappa shape index (κ3) is 6.45. The molecule has 0 aliphatic carbocycles. The Morgan fingerprint density at radius 2 is 1.91 bits per heavy atom. The third-order valence-electron chi connectivity index (χ3n) is 4.14. The van der Waals surface area contributed by atoms with Gasteiger partial charge in [0, 0.05) is 26.2 Å². The molecule has 0 amide bonds. The summed E-state index contributed by atoms with van der Waals surface area (Å²) in [7, 11) is 1.76. The van der Waals surface area contributed by atoms with Crippen LogP contribution in [0.25, 0.3) is 0 Å². The average Bonchev–Trinajstić information content (AvgIpc) is 3.08. The van der Waals surface area contributed by atoms with Crippen molar-refractivity contribution in [1.29, 1.82) is 0 Å². The van der Waals surface area contributed by atoms with Gasteiger partial charge in [-0.05, 0) is 53.1 Å². The Kier molecular flexibility index (Phi) is 8.06. The maximum absolute atomic E-state index is 11.8. The highest BCUT2D eigenvalue weighted by Gasteiger charge is 2.30. The molecule has 2 aliphatic rings. The standard InChI is InChI=1S/C16H30N4O2.HI/c1-16(2,3)22-14(21)11-18-15(17-4)20-10-7-13(12-20)19-8-5-6-9-19;/h13H,5-12H2,1-4H3,(H,17,18);1H. The molecule has 7 heteroatoms. The van der Waals surface area contributed by atoms with Gasteiger partial charge in [0.1, 0.15) is 12.1 Å². The number of nitrogens with one attached hydrogen (secondary N) is 1. The number of aliphatic imine (C=N–C) groups is 1. The predicted molar refractivity (Wildman–Crippen MR) is 103 cm³/mol. The summed E-state index contributed by atoms with van der Waals surface area (Å²) in [6.45, 7) is 10.2. The molecule has 0 saturated carbocycles. The Labute approximate surface area is 157 Å². The normalized spacial score (nSPS) is 22.9. The second kappa shape index (κ2) is 9.05. The Balaban J connectivity index is 0.00000264. The van der Waals surface area contributed by atoms with Gasteiger partial charge in [0.15, 0.2) is 5.96 Å². The first-order chi connectivity index (χ1) is 10.4. The van der Waals surface area contributed by atoms with Crippen LogP contribution in [-0.2, 0) is 9.53 Å². The van der Waals surface area contributed by atoms with Crippen LogP contribution < -0.4 is 5.32 Å². The number of rotatable bonds is 3. The fourth-order valence-corrected chi connectivity index (χ4v) is 3.20. The summed E-state index contributed by atoms with van der Waals surface area (Å²) < 4.78 is 5.31. The maximum atomic E-state index is 11.8. The molecular weight excluding hydrogens is 407 g/mol. The molecule has 2 aliphatic heterocycles. The van der Waals surface area contributed by atoms with Gasteiger partial charge < -0.3 is 15.0 Å². The molecule has 2 fully saturated rings. The van der Waals surface area contributed by atoms with Crippen LogP contribution in [0.15, 0.2) is 4.99 Å². The van der Waals surface area contributed by atoms with E-state index in [4.69, 9.17) is 4.74 Å². The smallest absolute Gasteiger partial charge is 0.325 e. The van der Waals surface area contributed by atoms with Crippen molar-refractivity contribution in [3.8, 4) is 0 Å². The van der Waals surface area contributed by atoms with Crippen LogP contribution in [-0.4, -0.2) is 73.1 Å². The van der Waals surface area contributed by atoms with Crippen LogP contribution in [0, 0.1) is 0 Å². The van der Waals surface area contributed by atoms with E-state index >= 15 is 0 Å². The Bertz CT molecular complexity index is 417. The Morgan fingerprint density at radius 1 is 1.26 bits per heavy atom. The van der Waals surface area contributed by atoms with Gasteiger partial charge in [-0.2, -0.15) is 0 Å². The molecular formula is C16H31IN4O2. The highest BCUT2D eigenvalue weighted by atomic mass is 127. The van der Waals surface area contributed by atoms with Gasteiger partial charge in [0.25, 0.3) is 0 Å². The largest absolute Gasteiger partial charge is 0.459 e. The molecule has 2 heterocycles. The second-order valence-electron chi connectivity index (χ2n) is 7.12. The van der Waals surface area contributed by atoms with Gasteiger partial charge in [0.05, 0.1) is 0 Å². The van der Waals surface area contributed by atoms with E-state index in [1.807, 2.05) is 20.8 Å². The lowest BCUT2D eigenvalue weighted by Crippen LogP contribution is -2.45. The van der Waals surface area contributed by atoms with Crippen LogP contribution >= 0.6 is 24.0 Å². The average molecular weight is 438 g/mol. The van der Waals surface area contributed by atoms with Gasteiger partial charge >= 0.3 is 5.97 Å². The zero-order valence-corrected chi connectivity index (χ0v) is 17.1. The molecule has 0 radical (unpaired) electrons. The quantitative estimate of drug-likeness (QED) is 0.315. The topological polar surface area (TPSA) is 57.2 Å². The zero-order chi connectivity index (χ0) is 16.2. The molecule has 1 atom stereocenters. The molecule has 0 spiro atoms. The fourth-order valence-electron chi connectivity index (χ4n) is 3.20. The highest BCUT2D eigenvalue weighted by Crippen LogP contribution is 2.20. The number of halogens is 1. The number of hydrogen-bond donors (Lipinski definition) is 1. The van der Waals surface area contributed by atoms with E-state index in [-0.39, 0.29) is 36.5 Å². The van der Waals surface area contributed by atoms with Gasteiger partial charge in [-0.3, -0.25) is 14.7 Å². The van der Waals surface area contributed by atoms with Gasteiger partial charge in [-0.1, -0.05) is 0 Å². The molecule has 0 aromatic rings. The maximum Gasteiger partial charge on any atom is 0.325 e. The minimum absolute atomic E-state index is 0. The fraction of sp³-hybridized carbons (Fsp3) is 0.875. The minimum Gasteiger partial charge on any atom is -0.459 e. The summed E-state index contributed by atoms with van der Waals surface area (Å²) in [6.07, 6.45) is 3.82. The molecule has 0 aromatic heterocycles. The number of nitrogens with zero attached hydrogens (tertiary/aromatic N) is 3. The number of esters is 1. The first-order valence-electron chi connectivity index (χ1n) is 8.30. The van der Waals surface area contributed by atoms with E-state index < -0.39 is 5.60 Å². The van der Waals surface area contributed by atoms with Crippen molar-refractivity contribution in [2.75, 3.05) is 39.8 Å². The van der Waals surface area contributed by atoms with Crippen LogP contribution in [0.3, 0.4) is 0 Å². The molecule has 134 valence electrons. The van der Waals surface area contributed by atoms with Crippen LogP contribution in [0.1, 0.15) is 40.0 Å². The van der Waals surface area contributed by atoms with E-state index in [9.17, 15) is 4.79 Å². The molecule has 0 bridgehead atoms. The van der Waals surface area contributed by atoms with E-state index in [2.05, 4.69) is 20.1 Å². The first-order valence-corrected chi connectivity index (χ1v) is 8.30. The summed E-state index contributed by atoms with van der Waals surface area (Å²) >= 11 is 0. The Morgan fingerprint density at radius 3 is 2.48 bits per heavy atom. The SMILES string of the molecule is CN=C(NCC(=O)OC(C)(C)C)N1CCC(N2CCCC2)C1.I. The van der Waals surface area contributed by atoms with Crippen molar-refractivity contribution >= 4 is 35.9 Å². The number of ether oxygens (including phenoxy) is 1. The zero-order valence-electron chi connectivity index (χ0n) is 14.8. The number of carbonyl (C=O) groups excluding carboxylic acids is 1. The summed E-state index contributed by atoms with van der Waals surface area (Å²) in [5.41, 5.74) is -0.448. The van der Waals surface area contributed by atoms with E-state index in [1.54, 1.807) is 7.05 Å². The lowest BCUT2D eigenvalue weighted by molar-refractivity contribution is -0.153. The van der Waals surface area contributed by atoms with Crippen molar-refractivity contribution in [3.05, 3.63) is 0 Å². The van der Waals surface area contributed by atoms with Crippen molar-refractivity contribution in [1.82, 2.24) is 15.1 Å². The number of likely N-dealkylation sites (tertiary alicyclic amines) is 2. The molecule has 2 rings (SSSR count). The molecule has 1 N–H and O–H groups in total. The van der Waals surface area contributed by atoms with Crippen molar-refractivity contribution in [2.24, 2.45) is 4.99 Å². The minimum atomic E-state index is -0.448. The van der Waals surface area contributed by atoms with Gasteiger partial charge in [-0.15, -0.1) is 24.0 Å². The number of guanidine groups is 1. The highest BCUT2D eigenvalue weighted by molar-refractivity contribution is 14.0. The molecule has 1 unspecified atom stereocenters. The van der Waals surface area contributed by atoms with Crippen LogP contribution in [0.2, 0.25) is 0 Å². The van der Waals surface area contributed by atoms with Crippen molar-refractivity contribution in [3.63, 3.8) is 0 Å². The predicted octanol–water partition coefficient (Wildman–Crippen LogP) is 1.69. The van der Waals surface area contributed by atoms with Gasteiger partial charge in [0.2, 0.25) is 0 Å². The van der Waals surface area contributed by atoms with Gasteiger partial charge in [-0.25, -0.2) is 0 Å². The molecule has 2 saturated heterocycles. The van der Waals surface area contributed by atoms with E-state index in [0.29, 0.717) is 6.04 Å². The lowest BCUT2D eigenvalue weighted by Gasteiger charge is -2.25. The third-order valence-corrected chi connectivity index (χ3v) is 4.14. The van der Waals surface area contributed by atoms with Crippen LogP contribution in [0.4, 0.5) is 0 Å².